The lowest BCUT2D eigenvalue weighted by Crippen LogP contribution is -2.41. The Balaban J connectivity index is 1.79. The predicted molar refractivity (Wildman–Crippen MR) is 119 cm³/mol. The second kappa shape index (κ2) is 10.6. The summed E-state index contributed by atoms with van der Waals surface area (Å²) in [7, 11) is -4.31. The number of carboxylic acids is 1. The lowest BCUT2D eigenvalue weighted by molar-refractivity contribution is -0.140. The summed E-state index contributed by atoms with van der Waals surface area (Å²) < 4.78 is 30.9. The Morgan fingerprint density at radius 2 is 1.94 bits per heavy atom. The molecule has 34 heavy (non-hydrogen) atoms. The number of nitrogens with zero attached hydrogens (tertiary/aromatic N) is 2. The molecule has 1 aliphatic rings. The van der Waals surface area contributed by atoms with Crippen LogP contribution in [0.4, 0.5) is 5.82 Å². The molecule has 1 aliphatic heterocycles. The molecule has 1 fully saturated rings. The molecule has 1 aromatic heterocycles. The zero-order valence-corrected chi connectivity index (χ0v) is 19.3. The second-order valence-corrected chi connectivity index (χ2v) is 9.67. The maximum Gasteiger partial charge on any atom is 0.459 e. The number of benzene rings is 1. The molecule has 2 aromatic rings. The first kappa shape index (κ1) is 25.8. The first-order valence-electron chi connectivity index (χ1n) is 10.4. The van der Waals surface area contributed by atoms with Crippen molar-refractivity contribution in [3.63, 3.8) is 0 Å². The maximum absolute atomic E-state index is 13.5. The van der Waals surface area contributed by atoms with Gasteiger partial charge in [0, 0.05) is 6.20 Å². The summed E-state index contributed by atoms with van der Waals surface area (Å²) in [5.74, 6) is -1.62. The molecule has 1 aromatic carbocycles. The quantitative estimate of drug-likeness (QED) is 0.282. The Morgan fingerprint density at radius 1 is 1.26 bits per heavy atom. The number of nitrogen functional groups attached to an aromatic ring is 1. The normalized spacial score (nSPS) is 25.1. The summed E-state index contributed by atoms with van der Waals surface area (Å²) in [6.45, 7) is 2.66. The molecular formula is C20H27N4O9P. The molecule has 186 valence electrons. The average Bonchev–Trinajstić information content (AvgIpc) is 3.05. The predicted octanol–water partition coefficient (Wildman–Crippen LogP) is 0.347. The van der Waals surface area contributed by atoms with Crippen molar-refractivity contribution in [2.75, 3.05) is 12.3 Å². The summed E-state index contributed by atoms with van der Waals surface area (Å²) in [6, 6.07) is 8.01. The average molecular weight is 498 g/mol. The summed E-state index contributed by atoms with van der Waals surface area (Å²) in [5, 5.41) is 32.7. The number of hydrogen-bond acceptors (Lipinski definition) is 10. The summed E-state index contributed by atoms with van der Waals surface area (Å²) in [4.78, 5) is 27.3. The van der Waals surface area contributed by atoms with E-state index in [0.717, 1.165) is 4.57 Å². The highest BCUT2D eigenvalue weighted by molar-refractivity contribution is 7.52. The highest BCUT2D eigenvalue weighted by atomic mass is 31.2. The van der Waals surface area contributed by atoms with Crippen molar-refractivity contribution in [2.24, 2.45) is 5.92 Å². The molecule has 0 amide bonds. The van der Waals surface area contributed by atoms with E-state index < -0.39 is 62.5 Å². The van der Waals surface area contributed by atoms with Crippen LogP contribution in [0, 0.1) is 5.92 Å². The Morgan fingerprint density at radius 3 is 2.53 bits per heavy atom. The van der Waals surface area contributed by atoms with Gasteiger partial charge in [-0.1, -0.05) is 32.0 Å². The van der Waals surface area contributed by atoms with E-state index in [4.69, 9.17) is 19.5 Å². The van der Waals surface area contributed by atoms with Crippen LogP contribution in [0.1, 0.15) is 20.1 Å². The lowest BCUT2D eigenvalue weighted by Gasteiger charge is -2.26. The molecule has 1 unspecified atom stereocenters. The topological polar surface area (TPSA) is 195 Å². The van der Waals surface area contributed by atoms with E-state index in [9.17, 15) is 29.5 Å². The second-order valence-electron chi connectivity index (χ2n) is 7.98. The van der Waals surface area contributed by atoms with Crippen molar-refractivity contribution in [3.8, 4) is 5.75 Å². The number of ether oxygens (including phenoxy) is 1. The number of anilines is 1. The minimum atomic E-state index is -4.31. The Bertz CT molecular complexity index is 1100. The monoisotopic (exact) mass is 498 g/mol. The summed E-state index contributed by atoms with van der Waals surface area (Å²) >= 11 is 0. The third-order valence-corrected chi connectivity index (χ3v) is 6.60. The molecule has 0 bridgehead atoms. The van der Waals surface area contributed by atoms with Crippen LogP contribution in [0.3, 0.4) is 0 Å². The van der Waals surface area contributed by atoms with E-state index in [1.54, 1.807) is 32.0 Å². The number of hydrogen-bond donors (Lipinski definition) is 5. The van der Waals surface area contributed by atoms with Gasteiger partial charge in [0.25, 0.3) is 0 Å². The van der Waals surface area contributed by atoms with E-state index in [2.05, 4.69) is 10.1 Å². The molecule has 0 saturated carbocycles. The lowest BCUT2D eigenvalue weighted by atomic mass is 10.1. The molecule has 0 spiro atoms. The van der Waals surface area contributed by atoms with Gasteiger partial charge in [-0.3, -0.25) is 13.9 Å². The highest BCUT2D eigenvalue weighted by Crippen LogP contribution is 2.46. The zero-order valence-electron chi connectivity index (χ0n) is 18.4. The molecule has 6 N–H and O–H groups in total. The number of para-hydroxylation sites is 1. The van der Waals surface area contributed by atoms with Gasteiger partial charge in [0.15, 0.2) is 6.23 Å². The molecule has 1 saturated heterocycles. The number of carboxylic acid groups (broad SMARTS) is 1. The van der Waals surface area contributed by atoms with Crippen molar-refractivity contribution in [1.82, 2.24) is 14.6 Å². The van der Waals surface area contributed by atoms with Crippen LogP contribution in [-0.4, -0.2) is 61.8 Å². The first-order valence-corrected chi connectivity index (χ1v) is 11.9. The maximum atomic E-state index is 13.5. The fourth-order valence-electron chi connectivity index (χ4n) is 3.26. The smallest absolute Gasteiger partial charge is 0.459 e. The van der Waals surface area contributed by atoms with Crippen LogP contribution in [0.15, 0.2) is 47.4 Å². The zero-order chi connectivity index (χ0) is 25.0. The largest absolute Gasteiger partial charge is 0.480 e. The SMILES string of the molecule is CC(C)[C@H](NP(=O)(OC[C@H]1O[C@@H](n2ccc(N)nc2=O)[C@H](O)[C@@H]1O)Oc1ccccc1)C(=O)O. The first-order chi connectivity index (χ1) is 16.0. The number of aliphatic hydroxyl groups excluding tert-OH is 2. The number of aromatic nitrogens is 2. The van der Waals surface area contributed by atoms with Crippen LogP contribution in [0.5, 0.6) is 5.75 Å². The minimum Gasteiger partial charge on any atom is -0.480 e. The molecule has 14 heteroatoms. The molecular weight excluding hydrogens is 471 g/mol. The summed E-state index contributed by atoms with van der Waals surface area (Å²) in [6.07, 6.45) is -4.36. The van der Waals surface area contributed by atoms with E-state index in [-0.39, 0.29) is 11.6 Å². The Kier molecular flexibility index (Phi) is 8.08. The number of nitrogens with one attached hydrogen (secondary N) is 1. The van der Waals surface area contributed by atoms with Gasteiger partial charge in [-0.15, -0.1) is 0 Å². The standard InChI is InChI=1S/C20H27N4O9P/c1-11(2)15(19(27)28)23-34(30,33-12-6-4-3-5-7-12)31-10-13-16(25)17(26)18(32-13)24-9-8-14(21)22-20(24)29/h3-9,11,13,15-18,25-26H,10H2,1-2H3,(H,23,30)(H,27,28)(H2,21,22,29)/t13-,15+,16-,17-,18-,34?/m1/s1. The third-order valence-electron chi connectivity index (χ3n) is 5.07. The Hall–Kier alpha value is -2.80. The van der Waals surface area contributed by atoms with Gasteiger partial charge in [-0.05, 0) is 24.1 Å². The van der Waals surface area contributed by atoms with Crippen LogP contribution >= 0.6 is 7.75 Å². The van der Waals surface area contributed by atoms with Gasteiger partial charge in [-0.2, -0.15) is 10.1 Å². The van der Waals surface area contributed by atoms with Crippen LogP contribution in [0.2, 0.25) is 0 Å². The van der Waals surface area contributed by atoms with Crippen molar-refractivity contribution >= 4 is 19.5 Å². The molecule has 0 aliphatic carbocycles. The Labute approximate surface area is 194 Å². The van der Waals surface area contributed by atoms with Crippen LogP contribution in [-0.2, 0) is 18.6 Å². The van der Waals surface area contributed by atoms with Gasteiger partial charge >= 0.3 is 19.4 Å². The minimum absolute atomic E-state index is 0.0302. The van der Waals surface area contributed by atoms with Crippen molar-refractivity contribution in [1.29, 1.82) is 0 Å². The van der Waals surface area contributed by atoms with Gasteiger partial charge in [0.05, 0.1) is 6.61 Å². The van der Waals surface area contributed by atoms with E-state index in [0.29, 0.717) is 0 Å². The molecule has 3 rings (SSSR count). The number of rotatable bonds is 10. The van der Waals surface area contributed by atoms with Crippen molar-refractivity contribution in [2.45, 2.75) is 44.4 Å². The van der Waals surface area contributed by atoms with Crippen LogP contribution < -0.4 is 21.0 Å². The number of aliphatic hydroxyl groups is 2. The molecule has 6 atom stereocenters. The third kappa shape index (κ3) is 6.00. The van der Waals surface area contributed by atoms with Gasteiger partial charge in [-0.25, -0.2) is 9.36 Å². The van der Waals surface area contributed by atoms with Crippen LogP contribution in [0.25, 0.3) is 0 Å². The van der Waals surface area contributed by atoms with Gasteiger partial charge < -0.3 is 30.3 Å². The van der Waals surface area contributed by atoms with Gasteiger partial charge in [0.2, 0.25) is 0 Å². The molecule has 13 nitrogen and oxygen atoms in total. The number of nitrogens with two attached hydrogens (primary N) is 1. The highest BCUT2D eigenvalue weighted by Gasteiger charge is 2.46. The van der Waals surface area contributed by atoms with E-state index in [1.165, 1.54) is 24.4 Å². The fourth-order valence-corrected chi connectivity index (χ4v) is 4.93. The van der Waals surface area contributed by atoms with E-state index >= 15 is 0 Å². The molecule has 2 heterocycles. The summed E-state index contributed by atoms with van der Waals surface area (Å²) in [5.41, 5.74) is 4.66. The van der Waals surface area contributed by atoms with E-state index in [1.807, 2.05) is 0 Å². The number of aliphatic carboxylic acids is 1. The molecule has 0 radical (unpaired) electrons. The van der Waals surface area contributed by atoms with Crippen molar-refractivity contribution < 1.29 is 38.5 Å². The fraction of sp³-hybridized carbons (Fsp3) is 0.450. The van der Waals surface area contributed by atoms with Crippen molar-refractivity contribution in [3.05, 3.63) is 53.1 Å². The van der Waals surface area contributed by atoms with Gasteiger partial charge in [0.1, 0.15) is 35.9 Å². The number of carbonyl (C=O) groups is 1.